The number of aromatic nitrogens is 1. The Hall–Kier alpha value is -1.05. The molecule has 14 heavy (non-hydrogen) atoms. The van der Waals surface area contributed by atoms with Gasteiger partial charge < -0.3 is 4.74 Å². The molecule has 1 aromatic rings. The molecule has 2 nitrogen and oxygen atoms in total. The highest BCUT2D eigenvalue weighted by molar-refractivity contribution is 5.21. The third-order valence-electron chi connectivity index (χ3n) is 2.59. The summed E-state index contributed by atoms with van der Waals surface area (Å²) >= 11 is 0. The highest BCUT2D eigenvalue weighted by Gasteiger charge is 2.20. The van der Waals surface area contributed by atoms with Crippen LogP contribution in [0, 0.1) is 12.8 Å². The Morgan fingerprint density at radius 3 is 3.07 bits per heavy atom. The first-order valence-corrected chi connectivity index (χ1v) is 5.40. The summed E-state index contributed by atoms with van der Waals surface area (Å²) < 4.78 is 5.62. The molecule has 1 aliphatic carbocycles. The van der Waals surface area contributed by atoms with E-state index in [0.29, 0.717) is 0 Å². The van der Waals surface area contributed by atoms with Crippen LogP contribution in [0.4, 0.5) is 0 Å². The van der Waals surface area contributed by atoms with Crippen molar-refractivity contribution in [2.24, 2.45) is 5.92 Å². The zero-order valence-electron chi connectivity index (χ0n) is 8.70. The predicted octanol–water partition coefficient (Wildman–Crippen LogP) is 2.96. The maximum absolute atomic E-state index is 5.62. The van der Waals surface area contributed by atoms with E-state index in [1.807, 2.05) is 19.1 Å². The highest BCUT2D eigenvalue weighted by Crippen LogP contribution is 2.33. The molecule has 1 heterocycles. The van der Waals surface area contributed by atoms with E-state index in [2.05, 4.69) is 4.98 Å². The Bertz CT molecular complexity index is 294. The van der Waals surface area contributed by atoms with E-state index in [4.69, 9.17) is 4.74 Å². The minimum absolute atomic E-state index is 0.847. The number of hydrogen-bond acceptors (Lipinski definition) is 2. The van der Waals surface area contributed by atoms with Gasteiger partial charge in [-0.2, -0.15) is 0 Å². The van der Waals surface area contributed by atoms with Gasteiger partial charge in [0.2, 0.25) is 0 Å². The largest absolute Gasteiger partial charge is 0.493 e. The van der Waals surface area contributed by atoms with Gasteiger partial charge in [-0.1, -0.05) is 12.8 Å². The molecule has 0 atom stereocenters. The third kappa shape index (κ3) is 3.02. The van der Waals surface area contributed by atoms with Crippen LogP contribution in [0.5, 0.6) is 5.75 Å². The minimum atomic E-state index is 0.847. The number of ether oxygens (including phenoxy) is 1. The van der Waals surface area contributed by atoms with Crippen molar-refractivity contribution in [3.8, 4) is 5.75 Å². The molecule has 0 aromatic carbocycles. The Kier molecular flexibility index (Phi) is 3.02. The standard InChI is InChI=1S/C12H17NO/c1-10-9-12(6-7-13-10)14-8-2-3-11-4-5-11/h6-7,9,11H,2-5,8H2,1H3. The van der Waals surface area contributed by atoms with E-state index < -0.39 is 0 Å². The number of nitrogens with zero attached hydrogens (tertiary/aromatic N) is 1. The first kappa shape index (κ1) is 9.50. The summed E-state index contributed by atoms with van der Waals surface area (Å²) in [5, 5.41) is 0. The molecule has 1 fully saturated rings. The van der Waals surface area contributed by atoms with Gasteiger partial charge in [-0.05, 0) is 31.7 Å². The van der Waals surface area contributed by atoms with Gasteiger partial charge >= 0.3 is 0 Å². The Morgan fingerprint density at radius 2 is 2.36 bits per heavy atom. The summed E-state index contributed by atoms with van der Waals surface area (Å²) in [6, 6.07) is 3.90. The molecule has 2 rings (SSSR count). The first-order valence-electron chi connectivity index (χ1n) is 5.40. The van der Waals surface area contributed by atoms with Crippen molar-refractivity contribution in [2.75, 3.05) is 6.61 Å². The molecule has 1 aromatic heterocycles. The van der Waals surface area contributed by atoms with Crippen LogP contribution in [0.2, 0.25) is 0 Å². The molecule has 0 bridgehead atoms. The Morgan fingerprint density at radius 1 is 1.50 bits per heavy atom. The lowest BCUT2D eigenvalue weighted by atomic mass is 10.2. The molecule has 0 aliphatic heterocycles. The van der Waals surface area contributed by atoms with Crippen LogP contribution in [0.25, 0.3) is 0 Å². The van der Waals surface area contributed by atoms with Gasteiger partial charge in [0.15, 0.2) is 0 Å². The van der Waals surface area contributed by atoms with Gasteiger partial charge in [-0.25, -0.2) is 0 Å². The second kappa shape index (κ2) is 4.45. The number of aryl methyl sites for hydroxylation is 1. The fraction of sp³-hybridized carbons (Fsp3) is 0.583. The van der Waals surface area contributed by atoms with Crippen molar-refractivity contribution in [2.45, 2.75) is 32.6 Å². The van der Waals surface area contributed by atoms with Crippen LogP contribution in [-0.4, -0.2) is 11.6 Å². The van der Waals surface area contributed by atoms with Crippen LogP contribution >= 0.6 is 0 Å². The lowest BCUT2D eigenvalue weighted by Gasteiger charge is -2.05. The van der Waals surface area contributed by atoms with Gasteiger partial charge in [-0.3, -0.25) is 4.98 Å². The van der Waals surface area contributed by atoms with Crippen molar-refractivity contribution in [1.82, 2.24) is 4.98 Å². The van der Waals surface area contributed by atoms with Crippen LogP contribution in [0.15, 0.2) is 18.3 Å². The highest BCUT2D eigenvalue weighted by atomic mass is 16.5. The predicted molar refractivity (Wildman–Crippen MR) is 56.4 cm³/mol. The topological polar surface area (TPSA) is 22.1 Å². The Labute approximate surface area is 85.3 Å². The zero-order valence-corrected chi connectivity index (χ0v) is 8.70. The average Bonchev–Trinajstić information content (AvgIpc) is 2.96. The second-order valence-electron chi connectivity index (χ2n) is 4.07. The minimum Gasteiger partial charge on any atom is -0.493 e. The molecular formula is C12H17NO. The van der Waals surface area contributed by atoms with Crippen molar-refractivity contribution >= 4 is 0 Å². The Balaban J connectivity index is 1.68. The van der Waals surface area contributed by atoms with Crippen LogP contribution < -0.4 is 4.74 Å². The summed E-state index contributed by atoms with van der Waals surface area (Å²) in [5.74, 6) is 1.96. The van der Waals surface area contributed by atoms with Gasteiger partial charge in [0.25, 0.3) is 0 Å². The summed E-state index contributed by atoms with van der Waals surface area (Å²) in [7, 11) is 0. The summed E-state index contributed by atoms with van der Waals surface area (Å²) in [6.45, 7) is 2.83. The summed E-state index contributed by atoms with van der Waals surface area (Å²) in [4.78, 5) is 4.13. The quantitative estimate of drug-likeness (QED) is 0.667. The number of pyridine rings is 1. The molecule has 0 radical (unpaired) electrons. The molecule has 1 saturated carbocycles. The van der Waals surface area contributed by atoms with Crippen molar-refractivity contribution in [3.05, 3.63) is 24.0 Å². The smallest absolute Gasteiger partial charge is 0.122 e. The molecule has 0 N–H and O–H groups in total. The van der Waals surface area contributed by atoms with E-state index in [9.17, 15) is 0 Å². The molecular weight excluding hydrogens is 174 g/mol. The van der Waals surface area contributed by atoms with E-state index in [1.165, 1.54) is 25.7 Å². The fourth-order valence-corrected chi connectivity index (χ4v) is 1.58. The van der Waals surface area contributed by atoms with E-state index >= 15 is 0 Å². The van der Waals surface area contributed by atoms with E-state index in [0.717, 1.165) is 24.0 Å². The molecule has 2 heteroatoms. The monoisotopic (exact) mass is 191 g/mol. The lowest BCUT2D eigenvalue weighted by molar-refractivity contribution is 0.303. The lowest BCUT2D eigenvalue weighted by Crippen LogP contribution is -1.98. The van der Waals surface area contributed by atoms with Crippen LogP contribution in [0.1, 0.15) is 31.4 Å². The molecule has 0 spiro atoms. The van der Waals surface area contributed by atoms with Crippen LogP contribution in [-0.2, 0) is 0 Å². The average molecular weight is 191 g/mol. The SMILES string of the molecule is Cc1cc(OCCCC2CC2)ccn1. The maximum Gasteiger partial charge on any atom is 0.122 e. The molecule has 0 unspecified atom stereocenters. The summed E-state index contributed by atoms with van der Waals surface area (Å²) in [6.07, 6.45) is 7.20. The second-order valence-corrected chi connectivity index (χ2v) is 4.07. The molecule has 0 saturated heterocycles. The fourth-order valence-electron chi connectivity index (χ4n) is 1.58. The third-order valence-corrected chi connectivity index (χ3v) is 2.59. The van der Waals surface area contributed by atoms with Crippen molar-refractivity contribution in [3.63, 3.8) is 0 Å². The summed E-state index contributed by atoms with van der Waals surface area (Å²) in [5.41, 5.74) is 1.02. The maximum atomic E-state index is 5.62. The number of hydrogen-bond donors (Lipinski definition) is 0. The van der Waals surface area contributed by atoms with Crippen LogP contribution in [0.3, 0.4) is 0 Å². The van der Waals surface area contributed by atoms with Gasteiger partial charge in [-0.15, -0.1) is 0 Å². The van der Waals surface area contributed by atoms with Crippen molar-refractivity contribution in [1.29, 1.82) is 0 Å². The number of rotatable bonds is 5. The normalized spacial score (nSPS) is 15.5. The molecule has 0 amide bonds. The van der Waals surface area contributed by atoms with Crippen molar-refractivity contribution < 1.29 is 4.74 Å². The van der Waals surface area contributed by atoms with Gasteiger partial charge in [0.1, 0.15) is 5.75 Å². The van der Waals surface area contributed by atoms with Gasteiger partial charge in [0, 0.05) is 18.0 Å². The van der Waals surface area contributed by atoms with E-state index in [-0.39, 0.29) is 0 Å². The first-order chi connectivity index (χ1) is 6.84. The molecule has 1 aliphatic rings. The molecule has 76 valence electrons. The van der Waals surface area contributed by atoms with E-state index in [1.54, 1.807) is 6.20 Å². The zero-order chi connectivity index (χ0) is 9.80. The van der Waals surface area contributed by atoms with Gasteiger partial charge in [0.05, 0.1) is 6.61 Å².